The van der Waals surface area contributed by atoms with Gasteiger partial charge >= 0.3 is 5.97 Å². The van der Waals surface area contributed by atoms with Crippen LogP contribution in [0.25, 0.3) is 0 Å². The third-order valence-corrected chi connectivity index (χ3v) is 2.75. The predicted molar refractivity (Wildman–Crippen MR) is 51.5 cm³/mol. The molecular weight excluding hydrogens is 199 g/mol. The standard InChI is InChI=1S/C11H11FO3/c1-15-9-5-3-2-4-7(9)11(12)6-8(11)10(13)14/h2-5,8H,6H2,1H3,(H,13,14)/t8-,11+/m1/s1. The molecule has 1 saturated carbocycles. The van der Waals surface area contributed by atoms with E-state index in [0.29, 0.717) is 11.3 Å². The average Bonchev–Trinajstić information content (AvgIpc) is 2.92. The molecule has 0 saturated heterocycles. The topological polar surface area (TPSA) is 46.5 Å². The maximum atomic E-state index is 14.1. The fourth-order valence-electron chi connectivity index (χ4n) is 1.81. The quantitative estimate of drug-likeness (QED) is 0.829. The molecule has 1 aliphatic rings. The predicted octanol–water partition coefficient (Wildman–Crippen LogP) is 1.96. The SMILES string of the molecule is COc1ccccc1[C@@]1(F)C[C@@H]1C(=O)O. The number of benzene rings is 1. The lowest BCUT2D eigenvalue weighted by atomic mass is 10.1. The van der Waals surface area contributed by atoms with Crippen LogP contribution in [0.2, 0.25) is 0 Å². The molecule has 1 fully saturated rings. The van der Waals surface area contributed by atoms with Gasteiger partial charge in [0.15, 0.2) is 5.67 Å². The van der Waals surface area contributed by atoms with E-state index in [4.69, 9.17) is 9.84 Å². The summed E-state index contributed by atoms with van der Waals surface area (Å²) in [6.45, 7) is 0. The summed E-state index contributed by atoms with van der Waals surface area (Å²) in [4.78, 5) is 10.7. The molecule has 1 N–H and O–H groups in total. The fraction of sp³-hybridized carbons (Fsp3) is 0.364. The van der Waals surface area contributed by atoms with Crippen LogP contribution < -0.4 is 4.74 Å². The van der Waals surface area contributed by atoms with Gasteiger partial charge in [-0.05, 0) is 6.07 Å². The Balaban J connectivity index is 2.35. The highest BCUT2D eigenvalue weighted by Crippen LogP contribution is 2.57. The molecule has 80 valence electrons. The van der Waals surface area contributed by atoms with Crippen LogP contribution in [0.5, 0.6) is 5.75 Å². The second kappa shape index (κ2) is 3.22. The lowest BCUT2D eigenvalue weighted by Crippen LogP contribution is -2.10. The number of carboxylic acids is 1. The van der Waals surface area contributed by atoms with Crippen molar-refractivity contribution in [3.8, 4) is 5.75 Å². The summed E-state index contributed by atoms with van der Waals surface area (Å²) < 4.78 is 19.1. The Bertz CT molecular complexity index is 405. The minimum atomic E-state index is -1.75. The Hall–Kier alpha value is -1.58. The van der Waals surface area contributed by atoms with Crippen molar-refractivity contribution < 1.29 is 19.0 Å². The molecule has 2 atom stereocenters. The first kappa shape index (κ1) is 9.96. The van der Waals surface area contributed by atoms with E-state index in [1.807, 2.05) is 0 Å². The van der Waals surface area contributed by atoms with Crippen LogP contribution in [0, 0.1) is 5.92 Å². The van der Waals surface area contributed by atoms with Gasteiger partial charge in [-0.15, -0.1) is 0 Å². The third-order valence-electron chi connectivity index (χ3n) is 2.75. The number of ether oxygens (including phenoxy) is 1. The molecule has 15 heavy (non-hydrogen) atoms. The Morgan fingerprint density at radius 1 is 1.60 bits per heavy atom. The lowest BCUT2D eigenvalue weighted by Gasteiger charge is -2.11. The Morgan fingerprint density at radius 2 is 2.27 bits per heavy atom. The number of hydrogen-bond acceptors (Lipinski definition) is 2. The van der Waals surface area contributed by atoms with E-state index >= 15 is 0 Å². The molecule has 0 radical (unpaired) electrons. The summed E-state index contributed by atoms with van der Waals surface area (Å²) in [6, 6.07) is 6.61. The minimum absolute atomic E-state index is 0.0305. The molecule has 3 nitrogen and oxygen atoms in total. The van der Waals surface area contributed by atoms with Gasteiger partial charge in [0.2, 0.25) is 0 Å². The van der Waals surface area contributed by atoms with Crippen molar-refractivity contribution in [1.82, 2.24) is 0 Å². The van der Waals surface area contributed by atoms with Gasteiger partial charge in [0.1, 0.15) is 5.75 Å². The third kappa shape index (κ3) is 1.46. The minimum Gasteiger partial charge on any atom is -0.496 e. The number of halogens is 1. The summed E-state index contributed by atoms with van der Waals surface area (Å²) >= 11 is 0. The maximum Gasteiger partial charge on any atom is 0.310 e. The largest absolute Gasteiger partial charge is 0.496 e. The van der Waals surface area contributed by atoms with Crippen LogP contribution in [-0.2, 0) is 10.5 Å². The van der Waals surface area contributed by atoms with Crippen molar-refractivity contribution in [2.24, 2.45) is 5.92 Å². The van der Waals surface area contributed by atoms with E-state index < -0.39 is 17.6 Å². The van der Waals surface area contributed by atoms with Gasteiger partial charge in [0.25, 0.3) is 0 Å². The van der Waals surface area contributed by atoms with Gasteiger partial charge < -0.3 is 9.84 Å². The highest BCUT2D eigenvalue weighted by atomic mass is 19.1. The lowest BCUT2D eigenvalue weighted by molar-refractivity contribution is -0.139. The molecule has 0 aliphatic heterocycles. The first-order valence-corrected chi connectivity index (χ1v) is 4.65. The van der Waals surface area contributed by atoms with E-state index in [2.05, 4.69) is 0 Å². The van der Waals surface area contributed by atoms with Crippen molar-refractivity contribution >= 4 is 5.97 Å². The number of hydrogen-bond donors (Lipinski definition) is 1. The van der Waals surface area contributed by atoms with Crippen molar-refractivity contribution in [2.45, 2.75) is 12.1 Å². The number of aliphatic carboxylic acids is 1. The maximum absolute atomic E-state index is 14.1. The van der Waals surface area contributed by atoms with Crippen LogP contribution in [-0.4, -0.2) is 18.2 Å². The Morgan fingerprint density at radius 3 is 2.80 bits per heavy atom. The van der Waals surface area contributed by atoms with Crippen molar-refractivity contribution in [3.05, 3.63) is 29.8 Å². The number of methoxy groups -OCH3 is 1. The summed E-state index contributed by atoms with van der Waals surface area (Å²) in [5.74, 6) is -1.62. The van der Waals surface area contributed by atoms with E-state index in [-0.39, 0.29) is 6.42 Å². The van der Waals surface area contributed by atoms with Crippen LogP contribution in [0.3, 0.4) is 0 Å². The van der Waals surface area contributed by atoms with Crippen molar-refractivity contribution in [1.29, 1.82) is 0 Å². The van der Waals surface area contributed by atoms with Crippen LogP contribution in [0.15, 0.2) is 24.3 Å². The number of rotatable bonds is 3. The molecule has 0 spiro atoms. The smallest absolute Gasteiger partial charge is 0.310 e. The van der Waals surface area contributed by atoms with Gasteiger partial charge in [0, 0.05) is 12.0 Å². The van der Waals surface area contributed by atoms with Gasteiger partial charge in [-0.3, -0.25) is 4.79 Å². The van der Waals surface area contributed by atoms with Gasteiger partial charge in [-0.25, -0.2) is 4.39 Å². The van der Waals surface area contributed by atoms with Crippen molar-refractivity contribution in [3.63, 3.8) is 0 Å². The molecule has 1 aliphatic carbocycles. The zero-order chi connectivity index (χ0) is 11.1. The molecular formula is C11H11FO3. The summed E-state index contributed by atoms with van der Waals surface area (Å²) in [7, 11) is 1.44. The van der Waals surface area contributed by atoms with Crippen LogP contribution in [0.1, 0.15) is 12.0 Å². The summed E-state index contributed by atoms with van der Waals surface area (Å²) in [6.07, 6.45) is 0.0305. The highest BCUT2D eigenvalue weighted by molar-refractivity contribution is 5.76. The zero-order valence-electron chi connectivity index (χ0n) is 8.24. The van der Waals surface area contributed by atoms with Crippen LogP contribution >= 0.6 is 0 Å². The van der Waals surface area contributed by atoms with Gasteiger partial charge in [-0.1, -0.05) is 18.2 Å². The molecule has 4 heteroatoms. The van der Waals surface area contributed by atoms with E-state index in [9.17, 15) is 9.18 Å². The van der Waals surface area contributed by atoms with Crippen LogP contribution in [0.4, 0.5) is 4.39 Å². The van der Waals surface area contributed by atoms with E-state index in [0.717, 1.165) is 0 Å². The Kier molecular flexibility index (Phi) is 2.14. The molecule has 1 aromatic carbocycles. The first-order chi connectivity index (χ1) is 7.09. The van der Waals surface area contributed by atoms with Gasteiger partial charge in [-0.2, -0.15) is 0 Å². The number of para-hydroxylation sites is 1. The average molecular weight is 210 g/mol. The molecule has 0 bridgehead atoms. The monoisotopic (exact) mass is 210 g/mol. The number of carboxylic acid groups (broad SMARTS) is 1. The molecule has 1 aromatic rings. The van der Waals surface area contributed by atoms with E-state index in [1.54, 1.807) is 24.3 Å². The van der Waals surface area contributed by atoms with Gasteiger partial charge in [0.05, 0.1) is 13.0 Å². The molecule has 0 aromatic heterocycles. The highest BCUT2D eigenvalue weighted by Gasteiger charge is 2.62. The first-order valence-electron chi connectivity index (χ1n) is 4.65. The fourth-order valence-corrected chi connectivity index (χ4v) is 1.81. The second-order valence-corrected chi connectivity index (χ2v) is 3.66. The normalized spacial score (nSPS) is 28.5. The molecule has 2 rings (SSSR count). The molecule has 0 unspecified atom stereocenters. The molecule has 0 amide bonds. The van der Waals surface area contributed by atoms with Crippen molar-refractivity contribution in [2.75, 3.05) is 7.11 Å². The summed E-state index contributed by atoms with van der Waals surface area (Å²) in [5, 5.41) is 8.73. The number of carbonyl (C=O) groups is 1. The Labute approximate surface area is 86.5 Å². The summed E-state index contributed by atoms with van der Waals surface area (Å²) in [5.41, 5.74) is -1.42. The number of alkyl halides is 1. The van der Waals surface area contributed by atoms with E-state index in [1.165, 1.54) is 7.11 Å². The molecule has 0 heterocycles. The zero-order valence-corrected chi connectivity index (χ0v) is 8.24. The second-order valence-electron chi connectivity index (χ2n) is 3.66.